The first kappa shape index (κ1) is 27.0. The van der Waals surface area contributed by atoms with Gasteiger partial charge in [0.05, 0.1) is 12.5 Å². The number of fused-ring (bicyclic) bond motifs is 2. The molecule has 2 aromatic heterocycles. The van der Waals surface area contributed by atoms with Gasteiger partial charge in [-0.25, -0.2) is 9.78 Å². The number of piperazine rings is 1. The first-order valence-electron chi connectivity index (χ1n) is 13.9. The molecular weight excluding hydrogens is 494 g/mol. The van der Waals surface area contributed by atoms with Gasteiger partial charge in [-0.15, -0.1) is 0 Å². The van der Waals surface area contributed by atoms with Crippen molar-refractivity contribution in [2.75, 3.05) is 24.6 Å². The third-order valence-corrected chi connectivity index (χ3v) is 7.94. The number of aryl methyl sites for hydroxylation is 2. The summed E-state index contributed by atoms with van der Waals surface area (Å²) in [5.41, 5.74) is 1.92. The molecule has 0 radical (unpaired) electrons. The quantitative estimate of drug-likeness (QED) is 0.471. The summed E-state index contributed by atoms with van der Waals surface area (Å²) in [6.45, 7) is 15.5. The van der Waals surface area contributed by atoms with Crippen molar-refractivity contribution in [1.82, 2.24) is 24.0 Å². The Kier molecular flexibility index (Phi) is 7.06. The molecule has 4 heterocycles. The number of aromatic nitrogens is 4. The van der Waals surface area contributed by atoms with Crippen molar-refractivity contribution in [2.45, 2.75) is 84.7 Å². The molecule has 0 saturated carbocycles. The number of rotatable bonds is 6. The van der Waals surface area contributed by atoms with E-state index in [1.54, 1.807) is 11.6 Å². The summed E-state index contributed by atoms with van der Waals surface area (Å²) in [7, 11) is 1.73. The smallest absolute Gasteiger partial charge is 0.350 e. The van der Waals surface area contributed by atoms with Crippen molar-refractivity contribution >= 4 is 17.0 Å². The zero-order valence-corrected chi connectivity index (χ0v) is 24.1. The van der Waals surface area contributed by atoms with Gasteiger partial charge in [0.15, 0.2) is 17.3 Å². The third kappa shape index (κ3) is 4.84. The van der Waals surface area contributed by atoms with E-state index in [4.69, 9.17) is 14.5 Å². The summed E-state index contributed by atoms with van der Waals surface area (Å²) in [6, 6.07) is 8.90. The van der Waals surface area contributed by atoms with Crippen LogP contribution in [0.15, 0.2) is 23.0 Å². The molecule has 1 fully saturated rings. The molecule has 0 spiro atoms. The van der Waals surface area contributed by atoms with Crippen LogP contribution in [0.5, 0.6) is 11.5 Å². The molecule has 39 heavy (non-hydrogen) atoms. The van der Waals surface area contributed by atoms with Crippen LogP contribution < -0.4 is 20.1 Å². The maximum absolute atomic E-state index is 13.0. The predicted octanol–water partition coefficient (Wildman–Crippen LogP) is 3.82. The van der Waals surface area contributed by atoms with E-state index < -0.39 is 0 Å². The zero-order valence-electron chi connectivity index (χ0n) is 24.1. The lowest BCUT2D eigenvalue weighted by Gasteiger charge is -2.47. The Morgan fingerprint density at radius 1 is 1.18 bits per heavy atom. The number of anilines is 1. The van der Waals surface area contributed by atoms with Crippen LogP contribution in [0, 0.1) is 11.3 Å². The van der Waals surface area contributed by atoms with Crippen LogP contribution in [0.3, 0.4) is 0 Å². The number of ether oxygens (including phenoxy) is 2. The summed E-state index contributed by atoms with van der Waals surface area (Å²) in [6.07, 6.45) is 1.06. The van der Waals surface area contributed by atoms with Crippen molar-refractivity contribution in [3.8, 4) is 17.6 Å². The number of benzene rings is 1. The Labute approximate surface area is 229 Å². The average molecular weight is 534 g/mol. The normalized spacial score (nSPS) is 21.6. The monoisotopic (exact) mass is 533 g/mol. The summed E-state index contributed by atoms with van der Waals surface area (Å²) in [5, 5.41) is 9.40. The van der Waals surface area contributed by atoms with Gasteiger partial charge >= 0.3 is 5.69 Å². The van der Waals surface area contributed by atoms with E-state index in [0.29, 0.717) is 36.9 Å². The van der Waals surface area contributed by atoms with Gasteiger partial charge in [0.25, 0.3) is 0 Å². The maximum Gasteiger partial charge on any atom is 0.350 e. The molecule has 208 valence electrons. The fourth-order valence-corrected chi connectivity index (χ4v) is 5.89. The minimum atomic E-state index is -0.357. The van der Waals surface area contributed by atoms with Gasteiger partial charge in [0.1, 0.15) is 29.2 Å². The van der Waals surface area contributed by atoms with Crippen molar-refractivity contribution in [1.29, 1.82) is 5.26 Å². The zero-order chi connectivity index (χ0) is 28.1. The Morgan fingerprint density at radius 2 is 1.95 bits per heavy atom. The van der Waals surface area contributed by atoms with Gasteiger partial charge in [0.2, 0.25) is 0 Å². The second-order valence-corrected chi connectivity index (χ2v) is 11.5. The first-order chi connectivity index (χ1) is 18.5. The van der Waals surface area contributed by atoms with E-state index in [-0.39, 0.29) is 35.8 Å². The largest absolute Gasteiger partial charge is 0.486 e. The Bertz CT molecular complexity index is 1480. The second kappa shape index (κ2) is 10.2. The fourth-order valence-electron chi connectivity index (χ4n) is 5.89. The number of nitriles is 1. The maximum atomic E-state index is 13.0. The van der Waals surface area contributed by atoms with Gasteiger partial charge in [-0.05, 0) is 58.7 Å². The molecule has 0 amide bonds. The number of hydrogen-bond acceptors (Lipinski definition) is 8. The lowest BCUT2D eigenvalue weighted by atomic mass is 10.00. The van der Waals surface area contributed by atoms with E-state index in [9.17, 15) is 10.1 Å². The van der Waals surface area contributed by atoms with Crippen LogP contribution in [-0.4, -0.2) is 61.4 Å². The molecule has 10 nitrogen and oxygen atoms in total. The molecule has 10 heteroatoms. The summed E-state index contributed by atoms with van der Waals surface area (Å²) in [4.78, 5) is 27.1. The molecule has 0 N–H and O–H groups in total. The van der Waals surface area contributed by atoms with E-state index in [2.05, 4.69) is 60.7 Å². The highest BCUT2D eigenvalue weighted by Crippen LogP contribution is 2.39. The molecule has 5 rings (SSSR count). The highest BCUT2D eigenvalue weighted by Gasteiger charge is 2.36. The van der Waals surface area contributed by atoms with Gasteiger partial charge in [-0.1, -0.05) is 13.0 Å². The van der Waals surface area contributed by atoms with Crippen molar-refractivity contribution < 1.29 is 9.47 Å². The van der Waals surface area contributed by atoms with Crippen LogP contribution in [-0.2, 0) is 20.0 Å². The minimum absolute atomic E-state index is 0.0957. The highest BCUT2D eigenvalue weighted by molar-refractivity contribution is 5.84. The summed E-state index contributed by atoms with van der Waals surface area (Å²) < 4.78 is 15.7. The molecule has 3 atom stereocenters. The van der Waals surface area contributed by atoms with Gasteiger partial charge < -0.3 is 18.9 Å². The molecule has 2 aliphatic rings. The molecule has 0 aliphatic carbocycles. The molecule has 1 aromatic carbocycles. The van der Waals surface area contributed by atoms with E-state index in [0.717, 1.165) is 30.1 Å². The number of nitrogens with zero attached hydrogens (tertiary/aromatic N) is 7. The van der Waals surface area contributed by atoms with Crippen LogP contribution in [0.2, 0.25) is 0 Å². The van der Waals surface area contributed by atoms with Gasteiger partial charge in [0, 0.05) is 44.8 Å². The molecular formula is C29H39N7O3. The molecule has 2 aliphatic heterocycles. The Balaban J connectivity index is 1.45. The van der Waals surface area contributed by atoms with Crippen LogP contribution in [0.25, 0.3) is 11.2 Å². The lowest BCUT2D eigenvalue weighted by Crippen LogP contribution is -2.57. The van der Waals surface area contributed by atoms with Crippen LogP contribution in [0.1, 0.15) is 65.4 Å². The minimum Gasteiger partial charge on any atom is -0.486 e. The van der Waals surface area contributed by atoms with E-state index in [1.807, 2.05) is 24.5 Å². The summed E-state index contributed by atoms with van der Waals surface area (Å²) >= 11 is 0. The predicted molar refractivity (Wildman–Crippen MR) is 150 cm³/mol. The first-order valence-corrected chi connectivity index (χ1v) is 13.9. The topological polar surface area (TPSA) is 101 Å². The fraction of sp³-hybridized carbons (Fsp3) is 0.586. The van der Waals surface area contributed by atoms with Gasteiger partial charge in [-0.2, -0.15) is 10.2 Å². The van der Waals surface area contributed by atoms with E-state index in [1.165, 1.54) is 5.56 Å². The van der Waals surface area contributed by atoms with Crippen LogP contribution in [0.4, 0.5) is 5.82 Å². The number of hydrogen-bond donors (Lipinski definition) is 0. The van der Waals surface area contributed by atoms with E-state index >= 15 is 0 Å². The van der Waals surface area contributed by atoms with Gasteiger partial charge in [-0.3, -0.25) is 9.47 Å². The molecule has 0 bridgehead atoms. The Hall–Kier alpha value is -3.58. The third-order valence-electron chi connectivity index (χ3n) is 7.94. The van der Waals surface area contributed by atoms with Crippen molar-refractivity contribution in [2.24, 2.45) is 7.05 Å². The van der Waals surface area contributed by atoms with Crippen molar-refractivity contribution in [3.63, 3.8) is 0 Å². The second-order valence-electron chi connectivity index (χ2n) is 11.5. The SMILES string of the molecule is CCCn1c(CC#N)nc2c(N3C[C@@H](C)N(C(C)c4ccc5c(c4)OC(C)(C)CO5)C[C@@H]3C)nc(=O)n(C)c21. The number of imidazole rings is 1. The average Bonchev–Trinajstić information content (AvgIpc) is 3.24. The molecule has 1 unspecified atom stereocenters. The summed E-state index contributed by atoms with van der Waals surface area (Å²) in [5.74, 6) is 2.86. The Morgan fingerprint density at radius 3 is 2.67 bits per heavy atom. The van der Waals surface area contributed by atoms with Crippen molar-refractivity contribution in [3.05, 3.63) is 40.1 Å². The molecule has 3 aromatic rings. The standard InChI is InChI=1S/C29H39N7O3/c1-8-13-34-24(11-12-30)31-25-26(32-28(37)33(7)27(25)34)36-16-18(2)35(15-19(36)3)20(4)21-9-10-22-23(14-21)39-29(5,6)17-38-22/h9-10,14,18-20H,8,11,13,15-17H2,1-7H3/t18-,19+,20?/m1/s1. The lowest BCUT2D eigenvalue weighted by molar-refractivity contribution is 0.0209. The highest BCUT2D eigenvalue weighted by atomic mass is 16.6. The molecule has 1 saturated heterocycles. The van der Waals surface area contributed by atoms with Crippen LogP contribution >= 0.6 is 0 Å².